The van der Waals surface area contributed by atoms with Gasteiger partial charge < -0.3 is 24.8 Å². The minimum absolute atomic E-state index is 0. The van der Waals surface area contributed by atoms with Gasteiger partial charge in [-0.1, -0.05) is 6.07 Å². The van der Waals surface area contributed by atoms with Gasteiger partial charge in [0.15, 0.2) is 23.0 Å². The van der Waals surface area contributed by atoms with Crippen LogP contribution < -0.4 is 19.6 Å². The van der Waals surface area contributed by atoms with E-state index < -0.39 is 5.91 Å². The van der Waals surface area contributed by atoms with Gasteiger partial charge in [0.2, 0.25) is 6.79 Å². The Morgan fingerprint density at radius 2 is 2.08 bits per heavy atom. The minimum Gasteiger partial charge on any atom is -0.504 e. The van der Waals surface area contributed by atoms with Crippen molar-refractivity contribution in [2.24, 2.45) is 5.10 Å². The topological polar surface area (TPSA) is 121 Å². The smallest absolute Gasteiger partial charge is 0.271 e. The second kappa shape index (κ2) is 7.34. The number of fused-ring (bicyclic) bond motifs is 1. The van der Waals surface area contributed by atoms with Crippen LogP contribution in [0.1, 0.15) is 15.9 Å². The van der Waals surface area contributed by atoms with Gasteiger partial charge in [-0.15, -0.1) is 0 Å². The summed E-state index contributed by atoms with van der Waals surface area (Å²) in [6.07, 6.45) is 1.34. The van der Waals surface area contributed by atoms with Gasteiger partial charge >= 0.3 is 0 Å². The highest BCUT2D eigenvalue weighted by atomic mass is 16.7. The molecule has 3 rings (SSSR count). The molecule has 0 aliphatic carbocycles. The van der Waals surface area contributed by atoms with Gasteiger partial charge in [0.25, 0.3) is 5.91 Å². The first-order valence-electron chi connectivity index (χ1n) is 6.78. The third-order valence-corrected chi connectivity index (χ3v) is 3.25. The molecular weight excluding hydrogens is 316 g/mol. The lowest BCUT2D eigenvalue weighted by Crippen LogP contribution is -2.17. The van der Waals surface area contributed by atoms with Crippen molar-refractivity contribution in [3.8, 4) is 23.0 Å². The summed E-state index contributed by atoms with van der Waals surface area (Å²) in [5.41, 5.74) is 3.20. The number of hydrazone groups is 1. The molecule has 1 heterocycles. The van der Waals surface area contributed by atoms with E-state index in [2.05, 4.69) is 10.5 Å². The van der Waals surface area contributed by atoms with Crippen LogP contribution in [0.15, 0.2) is 41.5 Å². The van der Waals surface area contributed by atoms with E-state index in [9.17, 15) is 9.90 Å². The summed E-state index contributed by atoms with van der Waals surface area (Å²) in [6, 6.07) is 9.83. The van der Waals surface area contributed by atoms with E-state index in [-0.39, 0.29) is 18.0 Å². The molecule has 24 heavy (non-hydrogen) atoms. The Morgan fingerprint density at radius 1 is 1.29 bits per heavy atom. The number of rotatable bonds is 4. The van der Waals surface area contributed by atoms with Gasteiger partial charge in [-0.2, -0.15) is 5.10 Å². The summed E-state index contributed by atoms with van der Waals surface area (Å²) >= 11 is 0. The number of carbonyl (C=O) groups is 1. The number of hydrogen-bond donors (Lipinski definition) is 2. The first-order chi connectivity index (χ1) is 11.2. The number of carbonyl (C=O) groups excluding carboxylic acids is 1. The molecular formula is C16H16N2O6. The fraction of sp³-hybridized carbons (Fsp3) is 0.125. The predicted octanol–water partition coefficient (Wildman–Crippen LogP) is 1.07. The highest BCUT2D eigenvalue weighted by Gasteiger charge is 2.15. The fourth-order valence-electron chi connectivity index (χ4n) is 2.07. The zero-order valence-electron chi connectivity index (χ0n) is 12.8. The van der Waals surface area contributed by atoms with E-state index in [0.717, 1.165) is 0 Å². The lowest BCUT2D eigenvalue weighted by molar-refractivity contribution is 0.0954. The van der Waals surface area contributed by atoms with E-state index in [0.29, 0.717) is 28.4 Å². The zero-order chi connectivity index (χ0) is 16.2. The first-order valence-corrected chi connectivity index (χ1v) is 6.78. The van der Waals surface area contributed by atoms with E-state index >= 15 is 0 Å². The Labute approximate surface area is 137 Å². The van der Waals surface area contributed by atoms with Crippen molar-refractivity contribution in [2.45, 2.75) is 0 Å². The number of para-hydroxylation sites is 1. The largest absolute Gasteiger partial charge is 0.504 e. The van der Waals surface area contributed by atoms with Gasteiger partial charge in [0, 0.05) is 11.1 Å². The van der Waals surface area contributed by atoms with E-state index in [4.69, 9.17) is 14.2 Å². The van der Waals surface area contributed by atoms with Crippen LogP contribution in [0.4, 0.5) is 0 Å². The molecule has 4 N–H and O–H groups in total. The molecule has 1 aliphatic rings. The molecule has 0 unspecified atom stereocenters. The van der Waals surface area contributed by atoms with Gasteiger partial charge in [0.1, 0.15) is 0 Å². The average molecular weight is 332 g/mol. The average Bonchev–Trinajstić information content (AvgIpc) is 3.04. The molecule has 1 amide bonds. The van der Waals surface area contributed by atoms with Crippen LogP contribution in [0, 0.1) is 0 Å². The van der Waals surface area contributed by atoms with Crippen LogP contribution in [0.25, 0.3) is 0 Å². The monoisotopic (exact) mass is 332 g/mol. The molecule has 8 nitrogen and oxygen atoms in total. The maximum atomic E-state index is 12.0. The Morgan fingerprint density at radius 3 is 2.88 bits per heavy atom. The number of phenols is 1. The number of nitrogens with one attached hydrogen (secondary N) is 1. The Kier molecular flexibility index (Phi) is 5.23. The maximum absolute atomic E-state index is 12.0. The van der Waals surface area contributed by atoms with Crippen molar-refractivity contribution in [3.05, 3.63) is 47.5 Å². The molecule has 2 aromatic carbocycles. The highest BCUT2D eigenvalue weighted by molar-refractivity contribution is 5.95. The number of benzene rings is 2. The lowest BCUT2D eigenvalue weighted by Gasteiger charge is -2.05. The number of hydrogen-bond acceptors (Lipinski definition) is 6. The van der Waals surface area contributed by atoms with E-state index in [1.807, 2.05) is 0 Å². The van der Waals surface area contributed by atoms with Gasteiger partial charge in [-0.3, -0.25) is 4.79 Å². The van der Waals surface area contributed by atoms with Crippen LogP contribution >= 0.6 is 0 Å². The fourth-order valence-corrected chi connectivity index (χ4v) is 2.07. The molecule has 0 fully saturated rings. The van der Waals surface area contributed by atoms with E-state index in [1.165, 1.54) is 13.3 Å². The molecule has 1 aliphatic heterocycles. The van der Waals surface area contributed by atoms with Crippen molar-refractivity contribution in [1.82, 2.24) is 5.43 Å². The van der Waals surface area contributed by atoms with Crippen molar-refractivity contribution in [1.29, 1.82) is 0 Å². The lowest BCUT2D eigenvalue weighted by atomic mass is 10.2. The normalized spacial score (nSPS) is 11.9. The zero-order valence-corrected chi connectivity index (χ0v) is 12.8. The summed E-state index contributed by atoms with van der Waals surface area (Å²) in [5, 5.41) is 13.8. The van der Waals surface area contributed by atoms with Crippen LogP contribution in [0.5, 0.6) is 23.0 Å². The quantitative estimate of drug-likeness (QED) is 0.641. The summed E-state index contributed by atoms with van der Waals surface area (Å²) in [4.78, 5) is 12.0. The van der Waals surface area contributed by atoms with Crippen molar-refractivity contribution in [3.63, 3.8) is 0 Å². The molecule has 2 aromatic rings. The van der Waals surface area contributed by atoms with Crippen LogP contribution in [-0.2, 0) is 0 Å². The maximum Gasteiger partial charge on any atom is 0.271 e. The van der Waals surface area contributed by atoms with Crippen LogP contribution in [0.3, 0.4) is 0 Å². The molecule has 0 aromatic heterocycles. The number of nitrogens with zero attached hydrogens (tertiary/aromatic N) is 1. The van der Waals surface area contributed by atoms with Crippen molar-refractivity contribution in [2.75, 3.05) is 13.9 Å². The second-order valence-corrected chi connectivity index (χ2v) is 4.67. The Bertz CT molecular complexity index is 775. The molecule has 0 radical (unpaired) electrons. The number of aromatic hydroxyl groups is 1. The minimum atomic E-state index is -0.401. The molecule has 0 spiro atoms. The third-order valence-electron chi connectivity index (χ3n) is 3.25. The predicted molar refractivity (Wildman–Crippen MR) is 85.9 cm³/mol. The molecule has 126 valence electrons. The van der Waals surface area contributed by atoms with E-state index in [1.54, 1.807) is 36.4 Å². The Hall–Kier alpha value is -3.26. The summed E-state index contributed by atoms with van der Waals surface area (Å²) < 4.78 is 15.4. The third kappa shape index (κ3) is 3.39. The van der Waals surface area contributed by atoms with Crippen LogP contribution in [-0.4, -0.2) is 36.6 Å². The van der Waals surface area contributed by atoms with Gasteiger partial charge in [-0.25, -0.2) is 5.43 Å². The number of amides is 1. The van der Waals surface area contributed by atoms with Gasteiger partial charge in [0.05, 0.1) is 13.3 Å². The van der Waals surface area contributed by atoms with Crippen molar-refractivity contribution >= 4 is 12.1 Å². The second-order valence-electron chi connectivity index (χ2n) is 4.67. The highest BCUT2D eigenvalue weighted by Crippen LogP contribution is 2.32. The standard InChI is InChI=1S/C16H14N2O5.H2O/c1-21-13-4-2-3-11(15(13)19)8-17-18-16(20)10-5-6-12-14(7-10)23-9-22-12;/h2-8,19H,9H2,1H3,(H,18,20);1H2/b17-8+;. The summed E-state index contributed by atoms with van der Waals surface area (Å²) in [7, 11) is 1.46. The van der Waals surface area contributed by atoms with Crippen LogP contribution in [0.2, 0.25) is 0 Å². The number of phenolic OH excluding ortho intramolecular Hbond substituents is 1. The Balaban J connectivity index is 0.00000208. The first kappa shape index (κ1) is 17.1. The number of methoxy groups -OCH3 is 1. The SMILES string of the molecule is COc1cccc(/C=N/NC(=O)c2ccc3c(c2)OCO3)c1O.O. The molecule has 8 heteroatoms. The van der Waals surface area contributed by atoms with Gasteiger partial charge in [-0.05, 0) is 30.3 Å². The number of ether oxygens (including phenoxy) is 3. The molecule has 0 saturated carbocycles. The molecule has 0 atom stereocenters. The summed E-state index contributed by atoms with van der Waals surface area (Å²) in [5.74, 6) is 1.01. The molecule has 0 bridgehead atoms. The summed E-state index contributed by atoms with van der Waals surface area (Å²) in [6.45, 7) is 0.147. The molecule has 0 saturated heterocycles. The van der Waals surface area contributed by atoms with Crippen molar-refractivity contribution < 1.29 is 29.6 Å².